The molecule has 0 radical (unpaired) electrons. The maximum atomic E-state index is 12.6. The molecule has 0 saturated heterocycles. The minimum Gasteiger partial charge on any atom is -0.395 e. The Balaban J connectivity index is 2.76. The van der Waals surface area contributed by atoms with E-state index in [0.29, 0.717) is 5.56 Å². The topological polar surface area (TPSA) is 68.2 Å². The van der Waals surface area contributed by atoms with Gasteiger partial charge in [0, 0.05) is 24.2 Å². The molecule has 0 aliphatic heterocycles. The van der Waals surface area contributed by atoms with E-state index in [-0.39, 0.29) is 25.3 Å². The van der Waals surface area contributed by atoms with Gasteiger partial charge in [0.1, 0.15) is 0 Å². The fourth-order valence-corrected chi connectivity index (χ4v) is 2.71. The third-order valence-electron chi connectivity index (χ3n) is 3.81. The number of pyridine rings is 1. The van der Waals surface area contributed by atoms with Crippen molar-refractivity contribution < 1.29 is 5.11 Å². The second kappa shape index (κ2) is 6.24. The summed E-state index contributed by atoms with van der Waals surface area (Å²) in [5, 5.41) is 9.27. The molecule has 1 aromatic heterocycles. The van der Waals surface area contributed by atoms with E-state index in [9.17, 15) is 9.90 Å². The van der Waals surface area contributed by atoms with E-state index in [1.54, 1.807) is 4.57 Å². The van der Waals surface area contributed by atoms with Crippen molar-refractivity contribution in [3.8, 4) is 11.3 Å². The first kappa shape index (κ1) is 15.5. The summed E-state index contributed by atoms with van der Waals surface area (Å²) >= 11 is 0. The summed E-state index contributed by atoms with van der Waals surface area (Å²) in [6.07, 6.45) is 0. The summed E-state index contributed by atoms with van der Waals surface area (Å²) in [6, 6.07) is 8.13. The number of rotatable bonds is 4. The van der Waals surface area contributed by atoms with Crippen LogP contribution >= 0.6 is 0 Å². The monoisotopic (exact) mass is 286 g/mol. The lowest BCUT2D eigenvalue weighted by Crippen LogP contribution is -2.29. The third kappa shape index (κ3) is 2.91. The van der Waals surface area contributed by atoms with E-state index in [4.69, 9.17) is 5.73 Å². The minimum atomic E-state index is -0.110. The Labute approximate surface area is 124 Å². The average Bonchev–Trinajstić information content (AvgIpc) is 2.42. The average molecular weight is 286 g/mol. The van der Waals surface area contributed by atoms with Gasteiger partial charge in [-0.1, -0.05) is 23.8 Å². The molecule has 0 fully saturated rings. The first-order valence-corrected chi connectivity index (χ1v) is 7.11. The predicted molar refractivity (Wildman–Crippen MR) is 85.3 cm³/mol. The van der Waals surface area contributed by atoms with Gasteiger partial charge in [-0.15, -0.1) is 0 Å². The number of hydrogen-bond acceptors (Lipinski definition) is 3. The lowest BCUT2D eigenvalue weighted by molar-refractivity contribution is 0.274. The lowest BCUT2D eigenvalue weighted by Gasteiger charge is -2.17. The van der Waals surface area contributed by atoms with E-state index < -0.39 is 0 Å². The Hall–Kier alpha value is -1.91. The molecule has 1 aromatic carbocycles. The number of nitrogens with zero attached hydrogens (tertiary/aromatic N) is 1. The third-order valence-corrected chi connectivity index (χ3v) is 3.81. The van der Waals surface area contributed by atoms with E-state index in [0.717, 1.165) is 22.4 Å². The number of aliphatic hydroxyl groups is 1. The molecule has 0 bridgehead atoms. The molecule has 0 atom stereocenters. The molecule has 0 spiro atoms. The van der Waals surface area contributed by atoms with Gasteiger partial charge >= 0.3 is 0 Å². The highest BCUT2D eigenvalue weighted by Gasteiger charge is 2.14. The predicted octanol–water partition coefficient (Wildman–Crippen LogP) is 1.89. The van der Waals surface area contributed by atoms with E-state index >= 15 is 0 Å². The van der Waals surface area contributed by atoms with Gasteiger partial charge in [0.2, 0.25) is 0 Å². The smallest absolute Gasteiger partial charge is 0.255 e. The Morgan fingerprint density at radius 2 is 1.86 bits per heavy atom. The zero-order valence-corrected chi connectivity index (χ0v) is 12.8. The molecule has 0 aliphatic rings. The summed E-state index contributed by atoms with van der Waals surface area (Å²) in [5.41, 5.74) is 11.2. The van der Waals surface area contributed by atoms with Crippen molar-refractivity contribution in [1.82, 2.24) is 4.57 Å². The molecule has 0 saturated carbocycles. The molecule has 0 amide bonds. The summed E-state index contributed by atoms with van der Waals surface area (Å²) in [7, 11) is 0. The molecule has 112 valence electrons. The van der Waals surface area contributed by atoms with Crippen LogP contribution in [-0.4, -0.2) is 16.3 Å². The maximum absolute atomic E-state index is 12.6. The summed E-state index contributed by atoms with van der Waals surface area (Å²) in [5.74, 6) is 0. The first-order valence-electron chi connectivity index (χ1n) is 7.11. The SMILES string of the molecule is Cc1ccc(-c2cc(C)c(CN)c(=O)n2CCO)c(C)c1. The van der Waals surface area contributed by atoms with Gasteiger partial charge in [-0.05, 0) is 38.0 Å². The van der Waals surface area contributed by atoms with Crippen LogP contribution in [0.1, 0.15) is 22.3 Å². The first-order chi connectivity index (χ1) is 9.99. The van der Waals surface area contributed by atoms with E-state index in [1.807, 2.05) is 39.0 Å². The zero-order valence-electron chi connectivity index (χ0n) is 12.8. The van der Waals surface area contributed by atoms with Gasteiger partial charge in [-0.25, -0.2) is 0 Å². The quantitative estimate of drug-likeness (QED) is 0.902. The van der Waals surface area contributed by atoms with Gasteiger partial charge in [0.05, 0.1) is 12.3 Å². The highest BCUT2D eigenvalue weighted by atomic mass is 16.3. The van der Waals surface area contributed by atoms with Crippen molar-refractivity contribution in [3.63, 3.8) is 0 Å². The summed E-state index contributed by atoms with van der Waals surface area (Å²) in [6.45, 7) is 6.38. The highest BCUT2D eigenvalue weighted by molar-refractivity contribution is 5.65. The van der Waals surface area contributed by atoms with Crippen molar-refractivity contribution in [2.75, 3.05) is 6.61 Å². The van der Waals surface area contributed by atoms with Crippen LogP contribution < -0.4 is 11.3 Å². The molecule has 4 heteroatoms. The fraction of sp³-hybridized carbons (Fsp3) is 0.353. The highest BCUT2D eigenvalue weighted by Crippen LogP contribution is 2.25. The molecule has 2 aromatic rings. The van der Waals surface area contributed by atoms with Gasteiger partial charge in [-0.3, -0.25) is 4.79 Å². The summed E-state index contributed by atoms with van der Waals surface area (Å²) in [4.78, 5) is 12.6. The molecule has 0 aliphatic carbocycles. The van der Waals surface area contributed by atoms with Gasteiger partial charge < -0.3 is 15.4 Å². The molecule has 1 heterocycles. The number of aliphatic hydroxyl groups excluding tert-OH is 1. The van der Waals surface area contributed by atoms with Crippen LogP contribution in [0.4, 0.5) is 0 Å². The van der Waals surface area contributed by atoms with Crippen molar-refractivity contribution >= 4 is 0 Å². The maximum Gasteiger partial charge on any atom is 0.255 e. The van der Waals surface area contributed by atoms with Crippen LogP contribution in [0.15, 0.2) is 29.1 Å². The second-order valence-electron chi connectivity index (χ2n) is 5.39. The van der Waals surface area contributed by atoms with Crippen LogP contribution in [0.5, 0.6) is 0 Å². The minimum absolute atomic E-state index is 0.0785. The zero-order chi connectivity index (χ0) is 15.6. The van der Waals surface area contributed by atoms with Gasteiger partial charge in [0.25, 0.3) is 5.56 Å². The Morgan fingerprint density at radius 1 is 1.14 bits per heavy atom. The number of hydrogen-bond donors (Lipinski definition) is 2. The lowest BCUT2D eigenvalue weighted by atomic mass is 9.99. The number of aromatic nitrogens is 1. The van der Waals surface area contributed by atoms with Crippen LogP contribution in [0.3, 0.4) is 0 Å². The fourth-order valence-electron chi connectivity index (χ4n) is 2.71. The molecular weight excluding hydrogens is 264 g/mol. The van der Waals surface area contributed by atoms with Crippen molar-refractivity contribution in [3.05, 3.63) is 56.9 Å². The molecule has 21 heavy (non-hydrogen) atoms. The largest absolute Gasteiger partial charge is 0.395 e. The Kier molecular flexibility index (Phi) is 4.60. The second-order valence-corrected chi connectivity index (χ2v) is 5.39. The van der Waals surface area contributed by atoms with Gasteiger partial charge in [-0.2, -0.15) is 0 Å². The Bertz CT molecular complexity index is 717. The number of benzene rings is 1. The van der Waals surface area contributed by atoms with Crippen molar-refractivity contribution in [2.45, 2.75) is 33.9 Å². The molecular formula is C17H22N2O2. The van der Waals surface area contributed by atoms with Crippen LogP contribution in [0, 0.1) is 20.8 Å². The van der Waals surface area contributed by atoms with Gasteiger partial charge in [0.15, 0.2) is 0 Å². The van der Waals surface area contributed by atoms with Crippen LogP contribution in [0.2, 0.25) is 0 Å². The van der Waals surface area contributed by atoms with Crippen molar-refractivity contribution in [1.29, 1.82) is 0 Å². The van der Waals surface area contributed by atoms with Crippen LogP contribution in [-0.2, 0) is 13.1 Å². The number of nitrogens with two attached hydrogens (primary N) is 1. The molecule has 3 N–H and O–H groups in total. The summed E-state index contributed by atoms with van der Waals surface area (Å²) < 4.78 is 1.62. The van der Waals surface area contributed by atoms with E-state index in [2.05, 4.69) is 6.07 Å². The standard InChI is InChI=1S/C17H22N2O2/c1-11-4-5-14(12(2)8-11)16-9-13(3)15(10-18)17(21)19(16)6-7-20/h4-5,8-9,20H,6-7,10,18H2,1-3H3. The van der Waals surface area contributed by atoms with Crippen molar-refractivity contribution in [2.24, 2.45) is 5.73 Å². The van der Waals surface area contributed by atoms with E-state index in [1.165, 1.54) is 5.56 Å². The van der Waals surface area contributed by atoms with Crippen LogP contribution in [0.25, 0.3) is 11.3 Å². The molecule has 2 rings (SSSR count). The number of aryl methyl sites for hydroxylation is 3. The normalized spacial score (nSPS) is 10.9. The molecule has 4 nitrogen and oxygen atoms in total. The Morgan fingerprint density at radius 3 is 2.43 bits per heavy atom. The molecule has 0 unspecified atom stereocenters.